The van der Waals surface area contributed by atoms with Crippen molar-refractivity contribution in [1.29, 1.82) is 0 Å². The summed E-state index contributed by atoms with van der Waals surface area (Å²) in [5.74, 6) is 1.04. The molecule has 0 saturated heterocycles. The lowest BCUT2D eigenvalue weighted by Gasteiger charge is -2.30. The van der Waals surface area contributed by atoms with E-state index in [9.17, 15) is 0 Å². The maximum atomic E-state index is 6.45. The Bertz CT molecular complexity index is 933. The minimum absolute atomic E-state index is 0.435. The maximum absolute atomic E-state index is 6.45. The van der Waals surface area contributed by atoms with Crippen LogP contribution in [-0.2, 0) is 9.05 Å². The highest BCUT2D eigenvalue weighted by Crippen LogP contribution is 2.49. The third-order valence-electron chi connectivity index (χ3n) is 5.03. The van der Waals surface area contributed by atoms with Gasteiger partial charge in [-0.3, -0.25) is 0 Å². The van der Waals surface area contributed by atoms with Crippen molar-refractivity contribution in [2.75, 3.05) is 12.3 Å². The molecule has 1 heterocycles. The lowest BCUT2D eigenvalue weighted by molar-refractivity contribution is 0.498. The van der Waals surface area contributed by atoms with E-state index in [2.05, 4.69) is 94.5 Å². The van der Waals surface area contributed by atoms with Gasteiger partial charge in [0.15, 0.2) is 0 Å². The summed E-state index contributed by atoms with van der Waals surface area (Å²) >= 11 is 0. The SMILES string of the molecule is CC=C1/C(=C\CC)OP(CCPO/C=C/C=C\C=C\C(=C\C)C/C=C\CC)c2ccccc21. The molecule has 1 aliphatic rings. The van der Waals surface area contributed by atoms with E-state index in [1.807, 2.05) is 18.2 Å². The van der Waals surface area contributed by atoms with Crippen LogP contribution in [0.3, 0.4) is 0 Å². The average Bonchev–Trinajstić information content (AvgIpc) is 2.84. The van der Waals surface area contributed by atoms with Crippen LogP contribution in [0.15, 0.2) is 103 Å². The minimum atomic E-state index is -0.657. The van der Waals surface area contributed by atoms with Crippen molar-refractivity contribution >= 4 is 27.8 Å². The molecule has 0 fully saturated rings. The molecule has 0 bridgehead atoms. The Balaban J connectivity index is 1.79. The molecular weight excluding hydrogens is 442 g/mol. The summed E-state index contributed by atoms with van der Waals surface area (Å²) in [6, 6.07) is 8.67. The van der Waals surface area contributed by atoms with E-state index in [4.69, 9.17) is 9.05 Å². The van der Waals surface area contributed by atoms with Gasteiger partial charge in [-0.15, -0.1) is 0 Å². The molecule has 0 aliphatic carbocycles. The second-order valence-electron chi connectivity index (χ2n) is 7.42. The number of benzene rings is 1. The van der Waals surface area contributed by atoms with Crippen molar-refractivity contribution in [3.05, 3.63) is 108 Å². The molecule has 176 valence electrons. The first kappa shape index (κ1) is 27.1. The minimum Gasteiger partial charge on any atom is -0.485 e. The first-order chi connectivity index (χ1) is 16.2. The fourth-order valence-electron chi connectivity index (χ4n) is 3.38. The van der Waals surface area contributed by atoms with E-state index in [0.717, 1.165) is 37.3 Å². The summed E-state index contributed by atoms with van der Waals surface area (Å²) in [6.45, 7) is 8.48. The van der Waals surface area contributed by atoms with Gasteiger partial charge in [-0.1, -0.05) is 86.7 Å². The van der Waals surface area contributed by atoms with Crippen molar-refractivity contribution < 1.29 is 9.05 Å². The molecule has 0 saturated carbocycles. The van der Waals surface area contributed by atoms with E-state index >= 15 is 0 Å². The zero-order chi connectivity index (χ0) is 23.7. The monoisotopic (exact) mass is 480 g/mol. The van der Waals surface area contributed by atoms with Crippen molar-refractivity contribution in [2.24, 2.45) is 0 Å². The number of allylic oxidation sites excluding steroid dienone is 12. The third-order valence-corrected chi connectivity index (χ3v) is 8.18. The second-order valence-corrected chi connectivity index (χ2v) is 10.3. The van der Waals surface area contributed by atoms with Crippen molar-refractivity contribution in [3.8, 4) is 0 Å². The Morgan fingerprint density at radius 1 is 1.03 bits per heavy atom. The largest absolute Gasteiger partial charge is 0.485 e. The molecule has 0 radical (unpaired) electrons. The summed E-state index contributed by atoms with van der Waals surface area (Å²) in [6.07, 6.45) is 28.0. The summed E-state index contributed by atoms with van der Waals surface area (Å²) in [7, 11) is -0.221. The van der Waals surface area contributed by atoms with Crippen LogP contribution in [0.5, 0.6) is 0 Å². The molecule has 1 aromatic rings. The predicted molar refractivity (Wildman–Crippen MR) is 150 cm³/mol. The molecule has 1 aliphatic heterocycles. The van der Waals surface area contributed by atoms with E-state index in [-0.39, 0.29) is 0 Å². The molecular formula is C29H38O2P2. The van der Waals surface area contributed by atoms with Gasteiger partial charge in [0.25, 0.3) is 0 Å². The van der Waals surface area contributed by atoms with Crippen molar-refractivity contribution in [3.63, 3.8) is 0 Å². The highest BCUT2D eigenvalue weighted by molar-refractivity contribution is 7.61. The lowest BCUT2D eigenvalue weighted by atomic mass is 10.0. The second kappa shape index (κ2) is 16.5. The maximum Gasteiger partial charge on any atom is 0.127 e. The van der Waals surface area contributed by atoms with Crippen molar-refractivity contribution in [2.45, 2.75) is 47.0 Å². The third kappa shape index (κ3) is 9.32. The zero-order valence-electron chi connectivity index (χ0n) is 20.5. The lowest BCUT2D eigenvalue weighted by Crippen LogP contribution is -2.18. The molecule has 2 rings (SSSR count). The topological polar surface area (TPSA) is 18.5 Å². The van der Waals surface area contributed by atoms with E-state index < -0.39 is 8.15 Å². The summed E-state index contributed by atoms with van der Waals surface area (Å²) < 4.78 is 12.2. The Kier molecular flexibility index (Phi) is 13.5. The van der Waals surface area contributed by atoms with Crippen LogP contribution in [0.25, 0.3) is 5.57 Å². The molecule has 33 heavy (non-hydrogen) atoms. The van der Waals surface area contributed by atoms with E-state index in [0.29, 0.717) is 8.81 Å². The first-order valence-electron chi connectivity index (χ1n) is 11.8. The van der Waals surface area contributed by atoms with Gasteiger partial charge in [0, 0.05) is 23.2 Å². The van der Waals surface area contributed by atoms with E-state index in [1.54, 1.807) is 6.26 Å². The summed E-state index contributed by atoms with van der Waals surface area (Å²) in [5, 5.41) is 1.34. The van der Waals surface area contributed by atoms with Crippen LogP contribution in [0, 0.1) is 0 Å². The summed E-state index contributed by atoms with van der Waals surface area (Å²) in [5.41, 5.74) is 3.85. The van der Waals surface area contributed by atoms with Crippen molar-refractivity contribution in [1.82, 2.24) is 0 Å². The molecule has 0 spiro atoms. The molecule has 4 heteroatoms. The van der Waals surface area contributed by atoms with Gasteiger partial charge in [-0.25, -0.2) is 0 Å². The number of rotatable bonds is 12. The Labute approximate surface area is 204 Å². The Morgan fingerprint density at radius 3 is 2.61 bits per heavy atom. The Hall–Kier alpha value is -2.14. The molecule has 0 N–H and O–H groups in total. The normalized spacial score (nSPS) is 19.8. The van der Waals surface area contributed by atoms with Gasteiger partial charge in [0.1, 0.15) is 13.9 Å². The van der Waals surface area contributed by atoms with Crippen LogP contribution in [0.4, 0.5) is 0 Å². The number of fused-ring (bicyclic) bond motifs is 1. The van der Waals surface area contributed by atoms with Gasteiger partial charge in [0.05, 0.1) is 15.1 Å². The zero-order valence-corrected chi connectivity index (χ0v) is 22.4. The van der Waals surface area contributed by atoms with Crippen LogP contribution in [-0.4, -0.2) is 12.3 Å². The molecule has 2 nitrogen and oxygen atoms in total. The van der Waals surface area contributed by atoms with Crippen LogP contribution in [0.2, 0.25) is 0 Å². The Morgan fingerprint density at radius 2 is 1.85 bits per heavy atom. The van der Waals surface area contributed by atoms with Gasteiger partial charge in [0.2, 0.25) is 0 Å². The molecule has 0 aromatic heterocycles. The molecule has 0 amide bonds. The van der Waals surface area contributed by atoms with Gasteiger partial charge < -0.3 is 9.05 Å². The number of hydrogen-bond acceptors (Lipinski definition) is 2. The average molecular weight is 481 g/mol. The van der Waals surface area contributed by atoms with Gasteiger partial charge >= 0.3 is 0 Å². The fraction of sp³-hybridized carbons (Fsp3) is 0.310. The summed E-state index contributed by atoms with van der Waals surface area (Å²) in [4.78, 5) is 0. The fourth-order valence-corrected chi connectivity index (χ4v) is 6.41. The van der Waals surface area contributed by atoms with Gasteiger partial charge in [-0.05, 0) is 56.4 Å². The van der Waals surface area contributed by atoms with Crippen LogP contribution in [0.1, 0.15) is 52.5 Å². The van der Waals surface area contributed by atoms with Crippen LogP contribution < -0.4 is 5.30 Å². The standard InChI is InChI=1S/C29H38O2P2/c1-5-9-12-18-25(7-3)19-13-10-11-16-22-30-32-23-24-33-29-21-15-14-20-27(29)26(8-4)28(31-33)17-6-2/h7-17,19-22,32H,5-6,18,23-24H2,1-4H3/b11-10-,12-9-,19-13+,22-16+,25-7+,26-8?,28-17+. The quantitative estimate of drug-likeness (QED) is 0.0977. The smallest absolute Gasteiger partial charge is 0.127 e. The molecule has 1 aromatic carbocycles. The molecule has 2 unspecified atom stereocenters. The first-order valence-corrected chi connectivity index (χ1v) is 14.4. The highest BCUT2D eigenvalue weighted by atomic mass is 31.1. The van der Waals surface area contributed by atoms with E-state index in [1.165, 1.54) is 22.0 Å². The number of hydrogen-bond donors (Lipinski definition) is 0. The van der Waals surface area contributed by atoms with Crippen LogP contribution >= 0.6 is 17.0 Å². The highest BCUT2D eigenvalue weighted by Gasteiger charge is 2.27. The predicted octanol–water partition coefficient (Wildman–Crippen LogP) is 8.98. The van der Waals surface area contributed by atoms with Gasteiger partial charge in [-0.2, -0.15) is 0 Å². The molecule has 2 atom stereocenters.